The van der Waals surface area contributed by atoms with Gasteiger partial charge in [-0.05, 0) is 32.0 Å². The number of likely N-dealkylation sites (tertiary alicyclic amines) is 1. The Bertz CT molecular complexity index is 980. The Labute approximate surface area is 163 Å². The van der Waals surface area contributed by atoms with Gasteiger partial charge in [0.1, 0.15) is 5.56 Å². The van der Waals surface area contributed by atoms with E-state index in [1.807, 2.05) is 21.1 Å². The third kappa shape index (κ3) is 4.14. The Morgan fingerprint density at radius 1 is 1.32 bits per heavy atom. The van der Waals surface area contributed by atoms with Crippen molar-refractivity contribution >= 4 is 11.9 Å². The highest BCUT2D eigenvalue weighted by molar-refractivity contribution is 5.95. The van der Waals surface area contributed by atoms with Crippen molar-refractivity contribution in [2.75, 3.05) is 39.1 Å². The first-order valence-corrected chi connectivity index (χ1v) is 9.21. The maximum Gasteiger partial charge on any atom is 0.261 e. The molecule has 0 spiro atoms. The average Bonchev–Trinajstić information content (AvgIpc) is 3.11. The quantitative estimate of drug-likeness (QED) is 0.759. The number of amides is 1. The van der Waals surface area contributed by atoms with Crippen molar-refractivity contribution in [3.8, 4) is 0 Å². The highest BCUT2D eigenvalue weighted by Crippen LogP contribution is 2.18. The van der Waals surface area contributed by atoms with Crippen molar-refractivity contribution in [1.29, 1.82) is 0 Å². The van der Waals surface area contributed by atoms with E-state index in [2.05, 4.69) is 19.9 Å². The zero-order chi connectivity index (χ0) is 20.4. The van der Waals surface area contributed by atoms with E-state index in [4.69, 9.17) is 0 Å². The minimum absolute atomic E-state index is 0.135. The summed E-state index contributed by atoms with van der Waals surface area (Å²) in [6.07, 6.45) is 2.35. The van der Waals surface area contributed by atoms with Crippen LogP contribution in [0, 0.1) is 6.92 Å². The lowest BCUT2D eigenvalue weighted by molar-refractivity contribution is 0.0777. The van der Waals surface area contributed by atoms with Crippen molar-refractivity contribution in [3.05, 3.63) is 55.9 Å². The van der Waals surface area contributed by atoms with Gasteiger partial charge >= 0.3 is 0 Å². The van der Waals surface area contributed by atoms with E-state index in [1.165, 1.54) is 6.07 Å². The molecule has 28 heavy (non-hydrogen) atoms. The van der Waals surface area contributed by atoms with E-state index in [1.54, 1.807) is 29.0 Å². The SMILES string of the molecule is Cc1cc[nH]c(=O)c1C(=O)N1CCC(N(C)Cc2cc(=O)[nH]c(N(C)C)n2)C1. The van der Waals surface area contributed by atoms with Crippen LogP contribution < -0.4 is 16.0 Å². The minimum Gasteiger partial charge on any atom is -0.348 e. The molecule has 0 aliphatic carbocycles. The number of rotatable bonds is 5. The summed E-state index contributed by atoms with van der Waals surface area (Å²) in [5, 5.41) is 0. The fourth-order valence-corrected chi connectivity index (χ4v) is 3.46. The van der Waals surface area contributed by atoms with Crippen LogP contribution in [0.4, 0.5) is 5.95 Å². The molecule has 2 aromatic heterocycles. The van der Waals surface area contributed by atoms with E-state index >= 15 is 0 Å². The molecule has 1 fully saturated rings. The smallest absolute Gasteiger partial charge is 0.261 e. The van der Waals surface area contributed by atoms with Crippen LogP contribution in [-0.2, 0) is 6.54 Å². The number of aromatic nitrogens is 3. The maximum atomic E-state index is 12.8. The number of nitrogens with one attached hydrogen (secondary N) is 2. The van der Waals surface area contributed by atoms with Crippen molar-refractivity contribution in [1.82, 2.24) is 24.8 Å². The minimum atomic E-state index is -0.356. The largest absolute Gasteiger partial charge is 0.348 e. The first-order chi connectivity index (χ1) is 13.3. The lowest BCUT2D eigenvalue weighted by atomic mass is 10.1. The maximum absolute atomic E-state index is 12.8. The third-order valence-electron chi connectivity index (χ3n) is 5.07. The summed E-state index contributed by atoms with van der Waals surface area (Å²) in [6, 6.07) is 3.36. The predicted molar refractivity (Wildman–Crippen MR) is 107 cm³/mol. The number of H-pyrrole nitrogens is 2. The first kappa shape index (κ1) is 19.8. The lowest BCUT2D eigenvalue weighted by Crippen LogP contribution is -2.38. The van der Waals surface area contributed by atoms with Crippen molar-refractivity contribution in [2.24, 2.45) is 0 Å². The van der Waals surface area contributed by atoms with E-state index in [0.29, 0.717) is 36.8 Å². The van der Waals surface area contributed by atoms with Crippen molar-refractivity contribution in [3.63, 3.8) is 0 Å². The normalized spacial score (nSPS) is 16.6. The predicted octanol–water partition coefficient (Wildman–Crippen LogP) is 0.179. The second kappa shape index (κ2) is 7.97. The molecule has 1 aliphatic heterocycles. The molecule has 0 radical (unpaired) electrons. The monoisotopic (exact) mass is 386 g/mol. The van der Waals surface area contributed by atoms with E-state index < -0.39 is 0 Å². The standard InChI is InChI=1S/C19H26N6O3/c1-12-5-7-20-17(27)16(12)18(28)25-8-6-14(11-25)24(4)10-13-9-15(26)22-19(21-13)23(2)3/h5,7,9,14H,6,8,10-11H2,1-4H3,(H,20,27)(H,21,22,26). The lowest BCUT2D eigenvalue weighted by Gasteiger charge is -2.24. The van der Waals surface area contributed by atoms with E-state index in [0.717, 1.165) is 6.42 Å². The molecule has 150 valence electrons. The van der Waals surface area contributed by atoms with Gasteiger partial charge in [-0.2, -0.15) is 0 Å². The summed E-state index contributed by atoms with van der Waals surface area (Å²) in [5.41, 5.74) is 1.01. The highest BCUT2D eigenvalue weighted by atomic mass is 16.2. The van der Waals surface area contributed by atoms with E-state index in [9.17, 15) is 14.4 Å². The molecule has 1 saturated heterocycles. The number of hydrogen-bond donors (Lipinski definition) is 2. The summed E-state index contributed by atoms with van der Waals surface area (Å²) in [6.45, 7) is 3.39. The summed E-state index contributed by atoms with van der Waals surface area (Å²) in [5.74, 6) is 0.275. The topological polar surface area (TPSA) is 105 Å². The summed E-state index contributed by atoms with van der Waals surface area (Å²) in [4.78, 5) is 52.0. The van der Waals surface area contributed by atoms with Crippen LogP contribution in [0.25, 0.3) is 0 Å². The molecule has 9 nitrogen and oxygen atoms in total. The van der Waals surface area contributed by atoms with Gasteiger partial charge in [-0.25, -0.2) is 4.98 Å². The molecule has 0 aromatic carbocycles. The van der Waals surface area contributed by atoms with Gasteiger partial charge in [0.15, 0.2) is 0 Å². The molecule has 2 N–H and O–H groups in total. The number of likely N-dealkylation sites (N-methyl/N-ethyl adjacent to an activating group) is 1. The summed E-state index contributed by atoms with van der Waals surface area (Å²) >= 11 is 0. The van der Waals surface area contributed by atoms with Crippen LogP contribution in [-0.4, -0.2) is 70.9 Å². The van der Waals surface area contributed by atoms with Gasteiger partial charge in [0.05, 0.1) is 5.69 Å². The Kier molecular flexibility index (Phi) is 5.64. The zero-order valence-corrected chi connectivity index (χ0v) is 16.7. The van der Waals surface area contributed by atoms with Crippen LogP contribution >= 0.6 is 0 Å². The molecular formula is C19H26N6O3. The van der Waals surface area contributed by atoms with Crippen LogP contribution in [0.1, 0.15) is 28.0 Å². The van der Waals surface area contributed by atoms with Gasteiger partial charge in [-0.3, -0.25) is 24.3 Å². The fraction of sp³-hybridized carbons (Fsp3) is 0.474. The summed E-state index contributed by atoms with van der Waals surface area (Å²) < 4.78 is 0. The number of hydrogen-bond acceptors (Lipinski definition) is 6. The molecule has 1 atom stereocenters. The van der Waals surface area contributed by atoms with Crippen LogP contribution in [0.2, 0.25) is 0 Å². The molecule has 1 amide bonds. The number of carbonyl (C=O) groups is 1. The fourth-order valence-electron chi connectivity index (χ4n) is 3.46. The second-order valence-electron chi connectivity index (χ2n) is 7.43. The number of pyridine rings is 1. The van der Waals surface area contributed by atoms with E-state index in [-0.39, 0.29) is 28.6 Å². The Hall–Kier alpha value is -2.94. The van der Waals surface area contributed by atoms with Gasteiger partial charge in [0, 0.05) is 52.0 Å². The second-order valence-corrected chi connectivity index (χ2v) is 7.43. The molecule has 1 unspecified atom stereocenters. The Morgan fingerprint density at radius 2 is 2.07 bits per heavy atom. The third-order valence-corrected chi connectivity index (χ3v) is 5.07. The van der Waals surface area contributed by atoms with Crippen molar-refractivity contribution in [2.45, 2.75) is 25.9 Å². The van der Waals surface area contributed by atoms with Gasteiger partial charge in [-0.1, -0.05) is 0 Å². The molecule has 1 aliphatic rings. The zero-order valence-electron chi connectivity index (χ0n) is 16.7. The van der Waals surface area contributed by atoms with Crippen molar-refractivity contribution < 1.29 is 4.79 Å². The average molecular weight is 386 g/mol. The number of carbonyl (C=O) groups excluding carboxylic acids is 1. The van der Waals surface area contributed by atoms with Crippen LogP contribution in [0.5, 0.6) is 0 Å². The van der Waals surface area contributed by atoms with Gasteiger partial charge in [-0.15, -0.1) is 0 Å². The Balaban J connectivity index is 1.69. The van der Waals surface area contributed by atoms with Crippen LogP contribution in [0.3, 0.4) is 0 Å². The molecule has 3 heterocycles. The molecule has 9 heteroatoms. The molecule has 0 saturated carbocycles. The molecule has 0 bridgehead atoms. The highest BCUT2D eigenvalue weighted by Gasteiger charge is 2.31. The number of anilines is 1. The van der Waals surface area contributed by atoms with Crippen LogP contribution in [0.15, 0.2) is 27.9 Å². The first-order valence-electron chi connectivity index (χ1n) is 9.21. The number of aromatic amines is 2. The van der Waals surface area contributed by atoms with Gasteiger partial charge in [0.25, 0.3) is 17.0 Å². The molecule has 2 aromatic rings. The molecular weight excluding hydrogens is 360 g/mol. The molecule has 3 rings (SSSR count). The summed E-state index contributed by atoms with van der Waals surface area (Å²) in [7, 11) is 5.59. The van der Waals surface area contributed by atoms with Gasteiger partial charge in [0.2, 0.25) is 5.95 Å². The Morgan fingerprint density at radius 3 is 2.75 bits per heavy atom. The van der Waals surface area contributed by atoms with Gasteiger partial charge < -0.3 is 14.8 Å². The number of aryl methyl sites for hydroxylation is 1. The number of nitrogens with zero attached hydrogens (tertiary/aromatic N) is 4.